The predicted molar refractivity (Wildman–Crippen MR) is 123 cm³/mol. The van der Waals surface area contributed by atoms with Crippen LogP contribution in [0.1, 0.15) is 117 Å². The summed E-state index contributed by atoms with van der Waals surface area (Å²) in [7, 11) is 3.56. The number of allylic oxidation sites excluding steroid dienone is 2. The second-order valence-corrected chi connectivity index (χ2v) is 10.6. The van der Waals surface area contributed by atoms with Crippen molar-refractivity contribution in [2.75, 3.05) is 21.1 Å². The largest absolute Gasteiger partial charge is 0.378 e. The van der Waals surface area contributed by atoms with Crippen molar-refractivity contribution in [3.63, 3.8) is 0 Å². The van der Waals surface area contributed by atoms with Crippen molar-refractivity contribution in [3.05, 3.63) is 12.2 Å². The monoisotopic (exact) mass is 414 g/mol. The third kappa shape index (κ3) is 11.6. The molecule has 0 aliphatic carbocycles. The molecule has 0 aromatic heterocycles. The summed E-state index contributed by atoms with van der Waals surface area (Å²) in [5, 5.41) is -0.626. The molecule has 0 aromatic rings. The first-order valence-corrected chi connectivity index (χ1v) is 13.1. The van der Waals surface area contributed by atoms with Gasteiger partial charge in [0.25, 0.3) is 0 Å². The van der Waals surface area contributed by atoms with Crippen LogP contribution in [0.4, 0.5) is 0 Å². The van der Waals surface area contributed by atoms with Crippen LogP contribution < -0.4 is 0 Å². The van der Waals surface area contributed by atoms with Crippen LogP contribution in [0.5, 0.6) is 0 Å². The lowest BCUT2D eigenvalue weighted by Gasteiger charge is -2.40. The maximum Gasteiger partial charge on any atom is 0.378 e. The Morgan fingerprint density at radius 3 is 1.50 bits per heavy atom. The Labute approximate surface area is 176 Å². The molecular weight excluding hydrogens is 365 g/mol. The molecule has 0 spiro atoms. The molecule has 0 aromatic carbocycles. The van der Waals surface area contributed by atoms with Crippen LogP contribution in [0, 0.1) is 0 Å². The maximum absolute atomic E-state index is 11.9. The Hall–Kier alpha value is -0.400. The van der Waals surface area contributed by atoms with E-state index in [1.807, 2.05) is 28.1 Å². The smallest absolute Gasteiger partial charge is 0.314 e. The molecule has 28 heavy (non-hydrogen) atoms. The van der Waals surface area contributed by atoms with Gasteiger partial charge in [0.15, 0.2) is 0 Å². The molecular formula is C24H49NO2P+. The molecule has 0 aliphatic rings. The molecule has 1 atom stereocenters. The third-order valence-electron chi connectivity index (χ3n) is 6.24. The van der Waals surface area contributed by atoms with Gasteiger partial charge in [0, 0.05) is 12.8 Å². The van der Waals surface area contributed by atoms with Crippen LogP contribution in [-0.4, -0.2) is 30.9 Å². The van der Waals surface area contributed by atoms with E-state index in [0.717, 1.165) is 19.3 Å². The van der Waals surface area contributed by atoms with E-state index >= 15 is 0 Å². The lowest BCUT2D eigenvalue weighted by molar-refractivity contribution is -0.908. The van der Waals surface area contributed by atoms with E-state index in [1.54, 1.807) is 0 Å². The fourth-order valence-corrected chi connectivity index (χ4v) is 5.21. The van der Waals surface area contributed by atoms with Gasteiger partial charge in [-0.2, -0.15) is 0 Å². The first-order chi connectivity index (χ1) is 13.3. The maximum atomic E-state index is 11.9. The summed E-state index contributed by atoms with van der Waals surface area (Å²) in [6.07, 6.45) is 24.3. The molecule has 0 radical (unpaired) electrons. The average molecular weight is 415 g/mol. The van der Waals surface area contributed by atoms with E-state index < -0.39 is 13.0 Å². The highest BCUT2D eigenvalue weighted by Crippen LogP contribution is 2.42. The third-order valence-corrected chi connectivity index (χ3v) is 8.06. The van der Waals surface area contributed by atoms with Crippen LogP contribution in [0.3, 0.4) is 0 Å². The van der Waals surface area contributed by atoms with Gasteiger partial charge in [-0.15, -0.1) is 0 Å². The van der Waals surface area contributed by atoms with E-state index in [9.17, 15) is 9.13 Å². The molecule has 0 aliphatic heterocycles. The van der Waals surface area contributed by atoms with Crippen molar-refractivity contribution in [2.24, 2.45) is 0 Å². The minimum atomic E-state index is -2.43. The van der Waals surface area contributed by atoms with Crippen molar-refractivity contribution in [3.8, 4) is 0 Å². The van der Waals surface area contributed by atoms with Crippen molar-refractivity contribution >= 4 is 7.68 Å². The zero-order valence-electron chi connectivity index (χ0n) is 19.7. The van der Waals surface area contributed by atoms with Gasteiger partial charge in [-0.25, -0.2) is 9.13 Å². The predicted octanol–water partition coefficient (Wildman–Crippen LogP) is 8.40. The van der Waals surface area contributed by atoms with Gasteiger partial charge < -0.3 is 4.48 Å². The van der Waals surface area contributed by atoms with Gasteiger partial charge in [-0.3, -0.25) is 0 Å². The first kappa shape index (κ1) is 27.6. The molecule has 0 bridgehead atoms. The topological polar surface area (TPSA) is 34.1 Å². The molecule has 4 heteroatoms. The zero-order valence-corrected chi connectivity index (χ0v) is 20.6. The quantitative estimate of drug-likeness (QED) is 0.0920. The summed E-state index contributed by atoms with van der Waals surface area (Å²) in [6.45, 7) is 4.27. The molecule has 0 rings (SSSR count). The summed E-state index contributed by atoms with van der Waals surface area (Å²) in [5.41, 5.74) is 0. The van der Waals surface area contributed by atoms with Crippen molar-refractivity contribution in [2.45, 2.75) is 122 Å². The van der Waals surface area contributed by atoms with Crippen molar-refractivity contribution < 1.29 is 13.6 Å². The van der Waals surface area contributed by atoms with E-state index in [0.29, 0.717) is 10.9 Å². The Kier molecular flexibility index (Phi) is 16.2. The molecule has 166 valence electrons. The summed E-state index contributed by atoms with van der Waals surface area (Å²) in [5.74, 6) is 0. The fraction of sp³-hybridized carbons (Fsp3) is 0.917. The average Bonchev–Trinajstić information content (AvgIpc) is 2.63. The molecule has 0 N–H and O–H groups in total. The fourth-order valence-electron chi connectivity index (χ4n) is 4.12. The molecule has 1 unspecified atom stereocenters. The van der Waals surface area contributed by atoms with Crippen LogP contribution in [0.2, 0.25) is 0 Å². The molecule has 0 fully saturated rings. The van der Waals surface area contributed by atoms with Crippen molar-refractivity contribution in [1.29, 1.82) is 0 Å². The van der Waals surface area contributed by atoms with Gasteiger partial charge in [-0.05, 0) is 25.7 Å². The summed E-state index contributed by atoms with van der Waals surface area (Å²) in [6, 6.07) is 0. The van der Waals surface area contributed by atoms with Gasteiger partial charge in [0.2, 0.25) is 5.28 Å². The van der Waals surface area contributed by atoms with Crippen molar-refractivity contribution in [1.82, 2.24) is 0 Å². The normalized spacial score (nSPS) is 14.5. The van der Waals surface area contributed by atoms with Gasteiger partial charge >= 0.3 is 7.68 Å². The first-order valence-electron chi connectivity index (χ1n) is 11.9. The van der Waals surface area contributed by atoms with E-state index in [1.165, 1.54) is 77.0 Å². The van der Waals surface area contributed by atoms with Gasteiger partial charge in [0.05, 0.1) is 21.1 Å². The van der Waals surface area contributed by atoms with Crippen LogP contribution in [0.15, 0.2) is 12.2 Å². The number of hydrogen-bond acceptors (Lipinski definition) is 2. The lowest BCUT2D eigenvalue weighted by atomic mass is 10.0. The number of hydrogen-bond donors (Lipinski definition) is 0. The highest BCUT2D eigenvalue weighted by molar-refractivity contribution is 7.32. The van der Waals surface area contributed by atoms with E-state index in [4.69, 9.17) is 0 Å². The second-order valence-electron chi connectivity index (χ2n) is 9.29. The Bertz CT molecular complexity index is 458. The summed E-state index contributed by atoms with van der Waals surface area (Å²) < 4.78 is 24.3. The Morgan fingerprint density at radius 1 is 0.679 bits per heavy atom. The number of unbranched alkanes of at least 4 members (excludes halogenated alkanes) is 12. The minimum Gasteiger partial charge on any atom is -0.314 e. The lowest BCUT2D eigenvalue weighted by Crippen LogP contribution is -2.53. The molecule has 0 saturated heterocycles. The van der Waals surface area contributed by atoms with Crippen LogP contribution >= 0.6 is 7.68 Å². The highest BCUT2D eigenvalue weighted by atomic mass is 31.1. The number of quaternary nitrogens is 1. The standard InChI is InChI=1S/C24H49NO2P/c1-6-8-9-10-11-12-13-14-15-16-17-18-19-20-21-22-23-24(7-2,28(26)27)25(3,4)5/h19-20H,6-18,21-23H2,1-5H3/q+1. The molecule has 0 heterocycles. The van der Waals surface area contributed by atoms with Gasteiger partial charge in [-0.1, -0.05) is 90.2 Å². The zero-order chi connectivity index (χ0) is 21.3. The summed E-state index contributed by atoms with van der Waals surface area (Å²) >= 11 is 0. The number of nitrogens with zero attached hydrogens (tertiary/aromatic N) is 1. The SMILES string of the molecule is CCCCCCCCCCCCCC=CCCCC(CC)(P(=O)=O)[N+](C)(C)C. The Balaban J connectivity index is 3.70. The molecule has 0 saturated carbocycles. The number of rotatable bonds is 19. The van der Waals surface area contributed by atoms with Crippen LogP contribution in [0.25, 0.3) is 0 Å². The molecule has 3 nitrogen and oxygen atoms in total. The molecule has 0 amide bonds. The van der Waals surface area contributed by atoms with Crippen LogP contribution in [-0.2, 0) is 9.13 Å². The van der Waals surface area contributed by atoms with E-state index in [-0.39, 0.29) is 0 Å². The minimum absolute atomic E-state index is 0.491. The summed E-state index contributed by atoms with van der Waals surface area (Å²) in [4.78, 5) is 0. The highest BCUT2D eigenvalue weighted by Gasteiger charge is 2.46. The second kappa shape index (κ2) is 16.4. The Morgan fingerprint density at radius 2 is 1.11 bits per heavy atom. The van der Waals surface area contributed by atoms with Gasteiger partial charge in [0.1, 0.15) is 0 Å². The van der Waals surface area contributed by atoms with E-state index in [2.05, 4.69) is 19.1 Å².